The van der Waals surface area contributed by atoms with E-state index < -0.39 is 21.6 Å². The van der Waals surface area contributed by atoms with E-state index in [-0.39, 0.29) is 16.3 Å². The number of nitrogens with zero attached hydrogens (tertiary/aromatic N) is 2. The zero-order valence-electron chi connectivity index (χ0n) is 13.5. The lowest BCUT2D eigenvalue weighted by Crippen LogP contribution is -2.16. The minimum atomic E-state index is -4.08. The second-order valence-electron chi connectivity index (χ2n) is 5.73. The van der Waals surface area contributed by atoms with E-state index in [4.69, 9.17) is 16.7 Å². The molecule has 1 heterocycles. The first-order valence-corrected chi connectivity index (χ1v) is 9.36. The Morgan fingerprint density at radius 1 is 1.12 bits per heavy atom. The minimum Gasteiger partial charge on any atom is -0.231 e. The summed E-state index contributed by atoms with van der Waals surface area (Å²) in [6, 6.07) is 13.5. The Labute approximate surface area is 154 Å². The van der Waals surface area contributed by atoms with Gasteiger partial charge in [-0.1, -0.05) is 35.9 Å². The van der Waals surface area contributed by atoms with Crippen molar-refractivity contribution in [3.63, 3.8) is 0 Å². The fraction of sp³-hybridized carbons (Fsp3) is 0.118. The van der Waals surface area contributed by atoms with E-state index in [9.17, 15) is 17.2 Å². The van der Waals surface area contributed by atoms with Gasteiger partial charge >= 0.3 is 0 Å². The molecule has 0 amide bonds. The fourth-order valence-electron chi connectivity index (χ4n) is 2.48. The first-order valence-electron chi connectivity index (χ1n) is 7.44. The molecule has 5 nitrogen and oxygen atoms in total. The van der Waals surface area contributed by atoms with E-state index >= 15 is 0 Å². The topological polar surface area (TPSA) is 78.0 Å². The monoisotopic (exact) mass is 397 g/mol. The molecule has 136 valence electrons. The van der Waals surface area contributed by atoms with Crippen molar-refractivity contribution in [2.24, 2.45) is 5.14 Å². The number of nitrogens with two attached hydrogens (primary N) is 1. The van der Waals surface area contributed by atoms with Gasteiger partial charge < -0.3 is 0 Å². The van der Waals surface area contributed by atoms with Gasteiger partial charge in [0.15, 0.2) is 0 Å². The lowest BCUT2D eigenvalue weighted by atomic mass is 10.1. The van der Waals surface area contributed by atoms with Gasteiger partial charge in [-0.05, 0) is 30.3 Å². The Hall–Kier alpha value is -2.29. The van der Waals surface area contributed by atoms with E-state index in [0.29, 0.717) is 10.6 Å². The Balaban J connectivity index is 2.31. The zero-order chi connectivity index (χ0) is 19.1. The van der Waals surface area contributed by atoms with E-state index in [2.05, 4.69) is 5.10 Å². The van der Waals surface area contributed by atoms with Crippen molar-refractivity contribution in [1.29, 1.82) is 0 Å². The maximum absolute atomic E-state index is 13.8. The Kier molecular flexibility index (Phi) is 4.60. The average Bonchev–Trinajstić information content (AvgIpc) is 3.00. The quantitative estimate of drug-likeness (QED) is 0.724. The molecule has 9 heteroatoms. The summed E-state index contributed by atoms with van der Waals surface area (Å²) >= 11 is 5.88. The second kappa shape index (κ2) is 6.46. The van der Waals surface area contributed by atoms with Crippen molar-refractivity contribution in [2.45, 2.75) is 17.7 Å². The molecule has 0 saturated carbocycles. The van der Waals surface area contributed by atoms with Crippen molar-refractivity contribution in [1.82, 2.24) is 9.78 Å². The predicted octanol–water partition coefficient (Wildman–Crippen LogP) is 3.95. The number of sulfonamides is 1. The van der Waals surface area contributed by atoms with Gasteiger partial charge in [-0.15, -0.1) is 0 Å². The molecule has 26 heavy (non-hydrogen) atoms. The van der Waals surface area contributed by atoms with Crippen molar-refractivity contribution in [3.8, 4) is 16.9 Å². The molecule has 0 atom stereocenters. The number of primary sulfonamides is 1. The normalized spacial score (nSPS) is 12.3. The van der Waals surface area contributed by atoms with Crippen LogP contribution >= 0.6 is 11.6 Å². The largest absolute Gasteiger partial charge is 0.288 e. The molecule has 0 aliphatic heterocycles. The van der Waals surface area contributed by atoms with Gasteiger partial charge in [-0.2, -0.15) is 13.9 Å². The van der Waals surface area contributed by atoms with Crippen LogP contribution in [0.2, 0.25) is 5.02 Å². The number of alkyl halides is 2. The first-order chi connectivity index (χ1) is 12.1. The van der Waals surface area contributed by atoms with E-state index in [1.807, 2.05) is 0 Å². The van der Waals surface area contributed by atoms with Crippen molar-refractivity contribution >= 4 is 21.6 Å². The molecule has 1 aromatic heterocycles. The smallest absolute Gasteiger partial charge is 0.231 e. The summed E-state index contributed by atoms with van der Waals surface area (Å²) in [5.74, 6) is -3.21. The van der Waals surface area contributed by atoms with Crippen molar-refractivity contribution in [2.75, 3.05) is 0 Å². The Morgan fingerprint density at radius 3 is 2.31 bits per heavy atom. The van der Waals surface area contributed by atoms with Crippen molar-refractivity contribution < 1.29 is 17.2 Å². The van der Waals surface area contributed by atoms with Crippen LogP contribution in [0.3, 0.4) is 0 Å². The maximum atomic E-state index is 13.8. The number of aromatic nitrogens is 2. The van der Waals surface area contributed by atoms with Gasteiger partial charge in [-0.3, -0.25) is 0 Å². The molecule has 3 rings (SSSR count). The van der Waals surface area contributed by atoms with Crippen LogP contribution in [0.1, 0.15) is 12.6 Å². The number of hydrogen-bond donors (Lipinski definition) is 1. The molecule has 0 unspecified atom stereocenters. The second-order valence-corrected chi connectivity index (χ2v) is 7.70. The summed E-state index contributed by atoms with van der Waals surface area (Å²) in [4.78, 5) is -0.218. The highest BCUT2D eigenvalue weighted by Gasteiger charge is 2.30. The summed E-state index contributed by atoms with van der Waals surface area (Å²) < 4.78 is 52.6. The van der Waals surface area contributed by atoms with E-state index in [1.165, 1.54) is 24.3 Å². The molecular formula is C17H14ClF2N3O2S. The SMILES string of the molecule is CC(F)(F)c1cc(-c2ccc(Cl)cc2)n(-c2ccccc2S(N)(=O)=O)n1. The standard InChI is InChI=1S/C17H14ClF2N3O2S/c1-17(19,20)16-10-14(11-6-8-12(18)9-7-11)23(22-16)13-4-2-3-5-15(13)26(21,24)25/h2-10H,1H3,(H2,21,24,25). The van der Waals surface area contributed by atoms with Crippen LogP contribution in [-0.4, -0.2) is 18.2 Å². The number of para-hydroxylation sites is 1. The molecule has 0 fully saturated rings. The van der Waals surface area contributed by atoms with Crippen LogP contribution in [0.5, 0.6) is 0 Å². The summed E-state index contributed by atoms with van der Waals surface area (Å²) in [5, 5.41) is 9.68. The van der Waals surface area contributed by atoms with Gasteiger partial charge in [0.2, 0.25) is 10.0 Å². The molecule has 0 saturated heterocycles. The maximum Gasteiger partial charge on any atom is 0.288 e. The third-order valence-electron chi connectivity index (χ3n) is 3.70. The summed E-state index contributed by atoms with van der Waals surface area (Å²) in [6.07, 6.45) is 0. The zero-order valence-corrected chi connectivity index (χ0v) is 15.1. The Morgan fingerprint density at radius 2 is 1.73 bits per heavy atom. The van der Waals surface area contributed by atoms with Crippen molar-refractivity contribution in [3.05, 3.63) is 65.3 Å². The number of rotatable bonds is 4. The number of hydrogen-bond acceptors (Lipinski definition) is 3. The molecule has 3 aromatic rings. The molecule has 0 radical (unpaired) electrons. The van der Waals surface area contributed by atoms with E-state index in [1.54, 1.807) is 30.3 Å². The molecule has 2 aromatic carbocycles. The summed E-state index contributed by atoms with van der Waals surface area (Å²) in [6.45, 7) is 0.719. The Bertz CT molecular complexity index is 1060. The molecule has 0 aliphatic rings. The molecule has 2 N–H and O–H groups in total. The highest BCUT2D eigenvalue weighted by Crippen LogP contribution is 2.33. The van der Waals surface area contributed by atoms with Crippen LogP contribution < -0.4 is 5.14 Å². The van der Waals surface area contributed by atoms with Crippen LogP contribution in [-0.2, 0) is 15.9 Å². The van der Waals surface area contributed by atoms with Crippen LogP contribution in [0.4, 0.5) is 8.78 Å². The van der Waals surface area contributed by atoms with Crippen LogP contribution in [0.25, 0.3) is 16.9 Å². The van der Waals surface area contributed by atoms with Gasteiger partial charge in [0.1, 0.15) is 10.6 Å². The van der Waals surface area contributed by atoms with Crippen LogP contribution in [0, 0.1) is 0 Å². The third kappa shape index (κ3) is 3.62. The fourth-order valence-corrected chi connectivity index (χ4v) is 3.32. The molecule has 0 bridgehead atoms. The molecular weight excluding hydrogens is 384 g/mol. The first kappa shape index (κ1) is 18.5. The van der Waals surface area contributed by atoms with Gasteiger partial charge in [0.05, 0.1) is 11.4 Å². The highest BCUT2D eigenvalue weighted by molar-refractivity contribution is 7.89. The lowest BCUT2D eigenvalue weighted by Gasteiger charge is -2.11. The highest BCUT2D eigenvalue weighted by atomic mass is 35.5. The molecule has 0 aliphatic carbocycles. The predicted molar refractivity (Wildman–Crippen MR) is 95.0 cm³/mol. The summed E-state index contributed by atoms with van der Waals surface area (Å²) in [5.41, 5.74) is 0.415. The number of benzene rings is 2. The van der Waals surface area contributed by atoms with Gasteiger partial charge in [0, 0.05) is 17.5 Å². The van der Waals surface area contributed by atoms with E-state index in [0.717, 1.165) is 11.6 Å². The summed E-state index contributed by atoms with van der Waals surface area (Å²) in [7, 11) is -4.08. The number of halogens is 3. The minimum absolute atomic E-state index is 0.0791. The third-order valence-corrected chi connectivity index (χ3v) is 4.91. The molecule has 0 spiro atoms. The van der Waals surface area contributed by atoms with Gasteiger partial charge in [-0.25, -0.2) is 18.2 Å². The lowest BCUT2D eigenvalue weighted by molar-refractivity contribution is 0.0124. The van der Waals surface area contributed by atoms with Crippen LogP contribution in [0.15, 0.2) is 59.5 Å². The van der Waals surface area contributed by atoms with Gasteiger partial charge in [0.25, 0.3) is 5.92 Å². The average molecular weight is 398 g/mol.